The number of amides is 2. The molecule has 1 saturated carbocycles. The fraction of sp³-hybridized carbons (Fsp3) is 0.467. The maximum absolute atomic E-state index is 13.8. The number of nitrogens with zero attached hydrogens (tertiary/aromatic N) is 2. The fourth-order valence-electron chi connectivity index (χ4n) is 5.23. The average molecular weight is 474 g/mol. The summed E-state index contributed by atoms with van der Waals surface area (Å²) in [5.41, 5.74) is 0.500. The van der Waals surface area contributed by atoms with Gasteiger partial charge in [0.25, 0.3) is 0 Å². The van der Waals surface area contributed by atoms with Crippen LogP contribution in [0.25, 0.3) is 10.8 Å². The Balaban J connectivity index is 1.63. The van der Waals surface area contributed by atoms with Crippen molar-refractivity contribution in [1.82, 2.24) is 15.1 Å². The Morgan fingerprint density at radius 2 is 1.80 bits per heavy atom. The summed E-state index contributed by atoms with van der Waals surface area (Å²) >= 11 is 0. The molecule has 1 aliphatic heterocycles. The Bertz CT molecular complexity index is 1090. The fourth-order valence-corrected chi connectivity index (χ4v) is 5.23. The topological polar surface area (TPSA) is 52.7 Å². The van der Waals surface area contributed by atoms with Crippen molar-refractivity contribution in [2.24, 2.45) is 0 Å². The van der Waals surface area contributed by atoms with Gasteiger partial charge in [0.05, 0.1) is 0 Å². The van der Waals surface area contributed by atoms with Crippen molar-refractivity contribution in [3.8, 4) is 0 Å². The highest BCUT2D eigenvalue weighted by Crippen LogP contribution is 2.34. The number of hydrogen-bond donors (Lipinski definition) is 1. The van der Waals surface area contributed by atoms with Gasteiger partial charge in [-0.15, -0.1) is 0 Å². The maximum atomic E-state index is 13.8. The van der Waals surface area contributed by atoms with Crippen molar-refractivity contribution in [1.29, 1.82) is 0 Å². The standard InChI is InChI=1S/C30H39N3O2/c1-30(2,3)31-29(35)28(25-18-17-23-12-5-6-13-24(23)22-25)33(26-14-7-8-15-26)27(34)16-11-21-32-19-9-4-10-20-32/h4-6,9-10,12-13,17-19,22,26,28H,7-8,11,14-16,20-21H2,1-3H3,(H,31,35). The molecule has 186 valence electrons. The number of carbonyl (C=O) groups excluding carboxylic acids is 2. The summed E-state index contributed by atoms with van der Waals surface area (Å²) in [5.74, 6) is -0.0206. The lowest BCUT2D eigenvalue weighted by molar-refractivity contribution is -0.144. The van der Waals surface area contributed by atoms with Crippen LogP contribution in [0.4, 0.5) is 0 Å². The van der Waals surface area contributed by atoms with Crippen molar-refractivity contribution in [2.75, 3.05) is 13.1 Å². The number of rotatable bonds is 8. The molecule has 0 spiro atoms. The Kier molecular flexibility index (Phi) is 7.94. The van der Waals surface area contributed by atoms with Gasteiger partial charge in [-0.05, 0) is 74.7 Å². The van der Waals surface area contributed by atoms with Crippen LogP contribution in [-0.4, -0.2) is 46.3 Å². The van der Waals surface area contributed by atoms with Gasteiger partial charge in [-0.2, -0.15) is 0 Å². The molecule has 35 heavy (non-hydrogen) atoms. The molecule has 0 saturated heterocycles. The van der Waals surface area contributed by atoms with Crippen LogP contribution in [0.1, 0.15) is 70.9 Å². The van der Waals surface area contributed by atoms with E-state index in [-0.39, 0.29) is 23.4 Å². The molecule has 1 heterocycles. The molecule has 0 bridgehead atoms. The van der Waals surface area contributed by atoms with E-state index in [0.717, 1.165) is 61.5 Å². The molecule has 5 nitrogen and oxygen atoms in total. The van der Waals surface area contributed by atoms with Crippen LogP contribution in [0.3, 0.4) is 0 Å². The monoisotopic (exact) mass is 473 g/mol. The third-order valence-corrected chi connectivity index (χ3v) is 6.84. The molecule has 1 aliphatic carbocycles. The van der Waals surface area contributed by atoms with Crippen molar-refractivity contribution < 1.29 is 9.59 Å². The van der Waals surface area contributed by atoms with E-state index in [1.54, 1.807) is 0 Å². The third kappa shape index (κ3) is 6.53. The van der Waals surface area contributed by atoms with Crippen LogP contribution >= 0.6 is 0 Å². The van der Waals surface area contributed by atoms with Crippen molar-refractivity contribution in [3.63, 3.8) is 0 Å². The molecule has 5 heteroatoms. The minimum absolute atomic E-state index is 0.0793. The van der Waals surface area contributed by atoms with Gasteiger partial charge in [-0.25, -0.2) is 0 Å². The second-order valence-corrected chi connectivity index (χ2v) is 10.9. The molecule has 1 unspecified atom stereocenters. The molecule has 2 aliphatic rings. The number of hydrogen-bond acceptors (Lipinski definition) is 3. The number of allylic oxidation sites excluding steroid dienone is 2. The van der Waals surface area contributed by atoms with E-state index in [1.807, 2.05) is 56.0 Å². The Morgan fingerprint density at radius 1 is 1.06 bits per heavy atom. The van der Waals surface area contributed by atoms with E-state index in [9.17, 15) is 9.59 Å². The molecular weight excluding hydrogens is 434 g/mol. The first kappa shape index (κ1) is 25.0. The van der Waals surface area contributed by atoms with Crippen LogP contribution in [-0.2, 0) is 9.59 Å². The quantitative estimate of drug-likeness (QED) is 0.532. The van der Waals surface area contributed by atoms with Gasteiger partial charge >= 0.3 is 0 Å². The second kappa shape index (κ2) is 11.1. The minimum atomic E-state index is -0.632. The highest BCUT2D eigenvalue weighted by Gasteiger charge is 2.38. The lowest BCUT2D eigenvalue weighted by Gasteiger charge is -2.38. The highest BCUT2D eigenvalue weighted by atomic mass is 16.2. The van der Waals surface area contributed by atoms with E-state index in [0.29, 0.717) is 6.42 Å². The first-order valence-electron chi connectivity index (χ1n) is 13.0. The van der Waals surface area contributed by atoms with E-state index >= 15 is 0 Å². The molecule has 2 amide bonds. The molecule has 1 N–H and O–H groups in total. The lowest BCUT2D eigenvalue weighted by atomic mass is 9.96. The first-order chi connectivity index (χ1) is 16.8. The van der Waals surface area contributed by atoms with Crippen LogP contribution in [0, 0.1) is 0 Å². The van der Waals surface area contributed by atoms with Gasteiger partial charge in [-0.3, -0.25) is 9.59 Å². The van der Waals surface area contributed by atoms with Crippen molar-refractivity contribution >= 4 is 22.6 Å². The van der Waals surface area contributed by atoms with Gasteiger partial charge in [-0.1, -0.05) is 61.4 Å². The molecule has 1 atom stereocenters. The summed E-state index contributed by atoms with van der Waals surface area (Å²) < 4.78 is 0. The summed E-state index contributed by atoms with van der Waals surface area (Å²) in [5, 5.41) is 5.39. The third-order valence-electron chi connectivity index (χ3n) is 6.84. The predicted octanol–water partition coefficient (Wildman–Crippen LogP) is 5.73. The zero-order chi connectivity index (χ0) is 24.8. The van der Waals surface area contributed by atoms with Gasteiger partial charge in [0.1, 0.15) is 6.04 Å². The zero-order valence-electron chi connectivity index (χ0n) is 21.4. The highest BCUT2D eigenvalue weighted by molar-refractivity contribution is 5.91. The van der Waals surface area contributed by atoms with Gasteiger partial charge in [0.15, 0.2) is 0 Å². The smallest absolute Gasteiger partial charge is 0.247 e. The maximum Gasteiger partial charge on any atom is 0.247 e. The van der Waals surface area contributed by atoms with Crippen LogP contribution in [0.15, 0.2) is 66.9 Å². The second-order valence-electron chi connectivity index (χ2n) is 10.9. The number of nitrogens with one attached hydrogen (secondary N) is 1. The van der Waals surface area contributed by atoms with Gasteiger partial charge < -0.3 is 15.1 Å². The molecule has 1 fully saturated rings. The largest absolute Gasteiger partial charge is 0.374 e. The van der Waals surface area contributed by atoms with E-state index in [1.165, 1.54) is 0 Å². The predicted molar refractivity (Wildman–Crippen MR) is 143 cm³/mol. The van der Waals surface area contributed by atoms with Crippen LogP contribution in [0.5, 0.6) is 0 Å². The van der Waals surface area contributed by atoms with E-state index in [4.69, 9.17) is 0 Å². The minimum Gasteiger partial charge on any atom is -0.374 e. The molecule has 2 aromatic rings. The molecule has 0 aromatic heterocycles. The van der Waals surface area contributed by atoms with Crippen molar-refractivity contribution in [3.05, 3.63) is 72.5 Å². The van der Waals surface area contributed by atoms with E-state index in [2.05, 4.69) is 46.8 Å². The molecule has 0 radical (unpaired) electrons. The lowest BCUT2D eigenvalue weighted by Crippen LogP contribution is -2.51. The number of benzene rings is 2. The van der Waals surface area contributed by atoms with E-state index < -0.39 is 6.04 Å². The Labute approximate surface area is 209 Å². The number of fused-ring (bicyclic) bond motifs is 1. The molecule has 2 aromatic carbocycles. The van der Waals surface area contributed by atoms with Crippen LogP contribution in [0.2, 0.25) is 0 Å². The SMILES string of the molecule is CC(C)(C)NC(=O)C(c1ccc2ccccc2c1)N(C(=O)CCCN1C=CC=CC1)C1CCCC1. The van der Waals surface area contributed by atoms with Crippen molar-refractivity contribution in [2.45, 2.75) is 76.9 Å². The Hall–Kier alpha value is -3.08. The Morgan fingerprint density at radius 3 is 2.49 bits per heavy atom. The summed E-state index contributed by atoms with van der Waals surface area (Å²) in [7, 11) is 0. The summed E-state index contributed by atoms with van der Waals surface area (Å²) in [6.07, 6.45) is 13.6. The molecular formula is C30H39N3O2. The normalized spacial score (nSPS) is 17.1. The summed E-state index contributed by atoms with van der Waals surface area (Å²) in [6, 6.07) is 13.8. The van der Waals surface area contributed by atoms with Gasteiger partial charge in [0.2, 0.25) is 11.8 Å². The first-order valence-corrected chi connectivity index (χ1v) is 13.0. The summed E-state index contributed by atoms with van der Waals surface area (Å²) in [6.45, 7) is 7.69. The average Bonchev–Trinajstić information content (AvgIpc) is 3.36. The molecule has 4 rings (SSSR count). The van der Waals surface area contributed by atoms with Gasteiger partial charge in [0, 0.05) is 31.1 Å². The van der Waals surface area contributed by atoms with Crippen LogP contribution < -0.4 is 5.32 Å². The zero-order valence-corrected chi connectivity index (χ0v) is 21.4. The summed E-state index contributed by atoms with van der Waals surface area (Å²) in [4.78, 5) is 31.8. The number of carbonyl (C=O) groups is 2.